The van der Waals surface area contributed by atoms with Crippen LogP contribution in [0.15, 0.2) is 253 Å². The van der Waals surface area contributed by atoms with Crippen LogP contribution in [0.1, 0.15) is 76.0 Å². The van der Waals surface area contributed by atoms with Gasteiger partial charge >= 0.3 is 0 Å². The van der Waals surface area contributed by atoms with Gasteiger partial charge in [-0.2, -0.15) is 0 Å². The molecule has 12 aromatic rings. The van der Waals surface area contributed by atoms with Crippen molar-refractivity contribution in [2.45, 2.75) is 59.3 Å². The van der Waals surface area contributed by atoms with Gasteiger partial charge in [0.25, 0.3) is 6.71 Å². The van der Waals surface area contributed by atoms with Crippen molar-refractivity contribution in [3.8, 4) is 0 Å². The zero-order valence-corrected chi connectivity index (χ0v) is 47.3. The molecule has 0 unspecified atom stereocenters. The largest absolute Gasteiger partial charge is 0.456 e. The van der Waals surface area contributed by atoms with Crippen molar-refractivity contribution in [1.82, 2.24) is 0 Å². The summed E-state index contributed by atoms with van der Waals surface area (Å²) >= 11 is 0. The molecule has 394 valence electrons. The molecule has 3 aliphatic heterocycles. The first kappa shape index (κ1) is 49.6. The topological polar surface area (TPSA) is 26.1 Å². The third-order valence-electron chi connectivity index (χ3n) is 17.6. The van der Waals surface area contributed by atoms with Crippen molar-refractivity contribution in [2.75, 3.05) is 19.6 Å². The number of hydrogen-bond donors (Lipinski definition) is 0. The fourth-order valence-electron chi connectivity index (χ4n) is 13.9. The third kappa shape index (κ3) is 7.85. The second kappa shape index (κ2) is 19.7. The molecular formula is C75H62B2N4O. The summed E-state index contributed by atoms with van der Waals surface area (Å²) in [6.07, 6.45) is 0. The lowest BCUT2D eigenvalue weighted by atomic mass is 9.30. The summed E-state index contributed by atoms with van der Waals surface area (Å²) in [5, 5.41) is 2.22. The van der Waals surface area contributed by atoms with Gasteiger partial charge in [0.1, 0.15) is 11.2 Å². The Morgan fingerprint density at radius 3 is 1.30 bits per heavy atom. The van der Waals surface area contributed by atoms with Crippen LogP contribution in [0.5, 0.6) is 0 Å². The minimum Gasteiger partial charge on any atom is -0.456 e. The van der Waals surface area contributed by atoms with Gasteiger partial charge in [-0.1, -0.05) is 193 Å². The molecule has 0 radical (unpaired) electrons. The van der Waals surface area contributed by atoms with E-state index in [1.165, 1.54) is 60.8 Å². The van der Waals surface area contributed by atoms with Gasteiger partial charge in [0.2, 0.25) is 6.71 Å². The molecule has 3 aliphatic rings. The summed E-state index contributed by atoms with van der Waals surface area (Å²) < 4.78 is 6.72. The van der Waals surface area contributed by atoms with E-state index < -0.39 is 0 Å². The van der Waals surface area contributed by atoms with Gasteiger partial charge in [-0.3, -0.25) is 0 Å². The maximum atomic E-state index is 6.72. The summed E-state index contributed by atoms with van der Waals surface area (Å²) in [6.45, 7) is 14.0. The lowest BCUT2D eigenvalue weighted by Crippen LogP contribution is -2.64. The highest BCUT2D eigenvalue weighted by molar-refractivity contribution is 7.02. The molecule has 1 aromatic heterocycles. The number of anilines is 12. The standard InChI is InChI=1S/C75H62B2N4O/c1-48(2)51-41-60(49(3)4)74(61(42-51)50(5)6)76-62-34-20-22-36-66(62)79(54-29-15-9-16-30-54)68-47-69-65(46-64(68)76)77-63-35-21-23-37-67(63)81(56-39-40-59-58-33-19-24-38-72(58)82-73(59)45-56)71-44-57(43-70(75(71)77)80(69)55-31-17-10-18-32-55)78(52-25-11-7-12-26-52)53-27-13-8-14-28-53/h7-50H,1-6H3. The van der Waals surface area contributed by atoms with Gasteiger partial charge in [-0.25, -0.2) is 0 Å². The molecule has 0 bridgehead atoms. The molecule has 0 spiro atoms. The number of nitrogens with zero attached hydrogens (tertiary/aromatic N) is 4. The molecule has 5 nitrogen and oxygen atoms in total. The molecular weight excluding hydrogens is 994 g/mol. The molecule has 0 fully saturated rings. The number of fused-ring (bicyclic) bond motifs is 9. The molecule has 0 N–H and O–H groups in total. The summed E-state index contributed by atoms with van der Waals surface area (Å²) in [6, 6.07) is 92.5. The summed E-state index contributed by atoms with van der Waals surface area (Å²) in [5.41, 5.74) is 27.3. The zero-order valence-electron chi connectivity index (χ0n) is 47.3. The summed E-state index contributed by atoms with van der Waals surface area (Å²) in [7, 11) is 0. The highest BCUT2D eigenvalue weighted by atomic mass is 16.3. The SMILES string of the molecule is CC(C)c1cc(C(C)C)c(B2c3ccccc3N(c3ccccc3)c3cc4c(cc32)B2c3ccccc3N(c3ccc5c(c3)oc3ccccc35)c3cc(N(c5ccccc5)c5ccccc5)cc(c32)N4c2ccccc2)c(C(C)C)c1. The van der Waals surface area contributed by atoms with Crippen LogP contribution in [-0.4, -0.2) is 13.4 Å². The quantitative estimate of drug-likeness (QED) is 0.127. The fourth-order valence-corrected chi connectivity index (χ4v) is 13.9. The van der Waals surface area contributed by atoms with E-state index in [9.17, 15) is 0 Å². The third-order valence-corrected chi connectivity index (χ3v) is 17.6. The molecule has 0 amide bonds. The lowest BCUT2D eigenvalue weighted by Gasteiger charge is -2.46. The predicted molar refractivity (Wildman–Crippen MR) is 350 cm³/mol. The fraction of sp³-hybridized carbons (Fsp3) is 0.120. The van der Waals surface area contributed by atoms with E-state index in [1.54, 1.807) is 0 Å². The Labute approximate surface area is 482 Å². The van der Waals surface area contributed by atoms with Gasteiger partial charge in [0, 0.05) is 79.4 Å². The van der Waals surface area contributed by atoms with Crippen molar-refractivity contribution in [2.24, 2.45) is 0 Å². The highest BCUT2D eigenvalue weighted by Gasteiger charge is 2.47. The Kier molecular flexibility index (Phi) is 11.9. The van der Waals surface area contributed by atoms with Crippen molar-refractivity contribution in [3.63, 3.8) is 0 Å². The number of hydrogen-bond acceptors (Lipinski definition) is 5. The lowest BCUT2D eigenvalue weighted by molar-refractivity contribution is 0.669. The maximum absolute atomic E-state index is 6.72. The maximum Gasteiger partial charge on any atom is 0.252 e. The van der Waals surface area contributed by atoms with E-state index in [-0.39, 0.29) is 13.4 Å². The van der Waals surface area contributed by atoms with Gasteiger partial charge in [0.05, 0.1) is 5.69 Å². The molecule has 0 atom stereocenters. The number of benzene rings is 11. The Balaban J connectivity index is 1.08. The molecule has 11 aromatic carbocycles. The smallest absolute Gasteiger partial charge is 0.252 e. The summed E-state index contributed by atoms with van der Waals surface area (Å²) in [5.74, 6) is 0.989. The highest BCUT2D eigenvalue weighted by Crippen LogP contribution is 2.50. The van der Waals surface area contributed by atoms with E-state index in [2.05, 4.69) is 310 Å². The van der Waals surface area contributed by atoms with Crippen LogP contribution in [0, 0.1) is 0 Å². The van der Waals surface area contributed by atoms with Gasteiger partial charge in [-0.05, 0) is 159 Å². The van der Waals surface area contributed by atoms with Crippen molar-refractivity contribution in [3.05, 3.63) is 265 Å². The second-order valence-corrected chi connectivity index (χ2v) is 23.4. The van der Waals surface area contributed by atoms with E-state index in [0.717, 1.165) is 78.8 Å². The monoisotopic (exact) mass is 1060 g/mol. The van der Waals surface area contributed by atoms with Crippen LogP contribution >= 0.6 is 0 Å². The first-order valence-corrected chi connectivity index (χ1v) is 29.2. The molecule has 15 rings (SSSR count). The number of furan rings is 1. The van der Waals surface area contributed by atoms with Crippen LogP contribution in [0.2, 0.25) is 0 Å². The van der Waals surface area contributed by atoms with Crippen LogP contribution < -0.4 is 52.4 Å². The van der Waals surface area contributed by atoms with E-state index in [0.29, 0.717) is 17.8 Å². The van der Waals surface area contributed by atoms with E-state index >= 15 is 0 Å². The van der Waals surface area contributed by atoms with Crippen molar-refractivity contribution < 1.29 is 4.42 Å². The van der Waals surface area contributed by atoms with Gasteiger partial charge in [-0.15, -0.1) is 0 Å². The van der Waals surface area contributed by atoms with Gasteiger partial charge in [0.15, 0.2) is 0 Å². The average molecular weight is 1060 g/mol. The predicted octanol–water partition coefficient (Wildman–Crippen LogP) is 16.8. The number of rotatable bonds is 10. The van der Waals surface area contributed by atoms with Crippen LogP contribution in [0.4, 0.5) is 68.2 Å². The van der Waals surface area contributed by atoms with E-state index in [1.807, 2.05) is 0 Å². The molecule has 0 saturated heterocycles. The van der Waals surface area contributed by atoms with Crippen molar-refractivity contribution >= 4 is 136 Å². The zero-order chi connectivity index (χ0) is 55.3. The van der Waals surface area contributed by atoms with Crippen LogP contribution in [-0.2, 0) is 0 Å². The van der Waals surface area contributed by atoms with E-state index in [4.69, 9.17) is 4.42 Å². The second-order valence-electron chi connectivity index (χ2n) is 23.4. The molecule has 0 saturated carbocycles. The summed E-state index contributed by atoms with van der Waals surface area (Å²) in [4.78, 5) is 10.1. The minimum absolute atomic E-state index is 0.0583. The van der Waals surface area contributed by atoms with Gasteiger partial charge < -0.3 is 24.0 Å². The van der Waals surface area contributed by atoms with Crippen LogP contribution in [0.3, 0.4) is 0 Å². The Bertz CT molecular complexity index is 4360. The molecule has 4 heterocycles. The average Bonchev–Trinajstić information content (AvgIpc) is 1.05. The molecule has 7 heteroatoms. The minimum atomic E-state index is -0.149. The van der Waals surface area contributed by atoms with Crippen LogP contribution in [0.25, 0.3) is 21.9 Å². The van der Waals surface area contributed by atoms with Crippen molar-refractivity contribution in [1.29, 1.82) is 0 Å². The molecule has 0 aliphatic carbocycles. The normalized spacial score (nSPS) is 13.2. The number of para-hydroxylation sites is 7. The molecule has 82 heavy (non-hydrogen) atoms. The Hall–Kier alpha value is -9.45. The first-order valence-electron chi connectivity index (χ1n) is 29.2. The Morgan fingerprint density at radius 2 is 0.768 bits per heavy atom. The first-order chi connectivity index (χ1) is 40.2. The Morgan fingerprint density at radius 1 is 0.317 bits per heavy atom.